The van der Waals surface area contributed by atoms with Crippen molar-refractivity contribution in [2.45, 2.75) is 19.4 Å². The molecule has 14 heavy (non-hydrogen) atoms. The Morgan fingerprint density at radius 2 is 1.93 bits per heavy atom. The van der Waals surface area contributed by atoms with Gasteiger partial charge in [0.1, 0.15) is 6.04 Å². The van der Waals surface area contributed by atoms with E-state index in [9.17, 15) is 14.4 Å². The van der Waals surface area contributed by atoms with Gasteiger partial charge in [0.25, 0.3) is 0 Å². The van der Waals surface area contributed by atoms with Gasteiger partial charge >= 0.3 is 18.0 Å². The zero-order chi connectivity index (χ0) is 11.1. The van der Waals surface area contributed by atoms with Crippen molar-refractivity contribution in [1.82, 2.24) is 5.32 Å². The van der Waals surface area contributed by atoms with Crippen LogP contribution in [0.5, 0.6) is 0 Å². The van der Waals surface area contributed by atoms with Gasteiger partial charge in [0.2, 0.25) is 0 Å². The van der Waals surface area contributed by atoms with E-state index >= 15 is 0 Å². The number of carbonyl (C=O) groups excluding carboxylic acids is 1. The van der Waals surface area contributed by atoms with Crippen LogP contribution in [0.15, 0.2) is 0 Å². The molecule has 0 aromatic heterocycles. The second-order valence-corrected chi connectivity index (χ2v) is 2.35. The monoisotopic (exact) mass is 205 g/mol. The Morgan fingerprint density at radius 1 is 1.36 bits per heavy atom. The Kier molecular flexibility index (Phi) is 5.05. The average molecular weight is 205 g/mol. The number of amides is 1. The highest BCUT2D eigenvalue weighted by Gasteiger charge is 2.23. The first kappa shape index (κ1) is 12.2. The van der Waals surface area contributed by atoms with Crippen molar-refractivity contribution < 1.29 is 29.3 Å². The summed E-state index contributed by atoms with van der Waals surface area (Å²) in [6.07, 6.45) is -1.63. The Bertz CT molecular complexity index is 238. The molecule has 0 saturated heterocycles. The van der Waals surface area contributed by atoms with E-state index in [-0.39, 0.29) is 6.61 Å². The van der Waals surface area contributed by atoms with Crippen LogP contribution < -0.4 is 5.32 Å². The van der Waals surface area contributed by atoms with Crippen molar-refractivity contribution in [3.05, 3.63) is 0 Å². The van der Waals surface area contributed by atoms with E-state index in [4.69, 9.17) is 10.2 Å². The van der Waals surface area contributed by atoms with Gasteiger partial charge in [0, 0.05) is 0 Å². The number of alkyl carbamates (subject to hydrolysis) is 1. The van der Waals surface area contributed by atoms with Gasteiger partial charge in [0.15, 0.2) is 0 Å². The summed E-state index contributed by atoms with van der Waals surface area (Å²) in [5.41, 5.74) is 0. The molecule has 0 bridgehead atoms. The molecule has 0 aliphatic rings. The van der Waals surface area contributed by atoms with E-state index in [1.54, 1.807) is 6.92 Å². The highest BCUT2D eigenvalue weighted by molar-refractivity contribution is 5.84. The second-order valence-electron chi connectivity index (χ2n) is 2.35. The molecular weight excluding hydrogens is 194 g/mol. The Hall–Kier alpha value is -1.79. The number of carbonyl (C=O) groups is 3. The van der Waals surface area contributed by atoms with Crippen LogP contribution in [0, 0.1) is 0 Å². The van der Waals surface area contributed by atoms with Gasteiger partial charge in [-0.05, 0) is 6.92 Å². The summed E-state index contributed by atoms with van der Waals surface area (Å²) in [5, 5.41) is 18.7. The van der Waals surface area contributed by atoms with Gasteiger partial charge in [-0.1, -0.05) is 0 Å². The lowest BCUT2D eigenvalue weighted by Crippen LogP contribution is -2.42. The lowest BCUT2D eigenvalue weighted by Gasteiger charge is -2.11. The fraction of sp³-hybridized carbons (Fsp3) is 0.571. The van der Waals surface area contributed by atoms with E-state index < -0.39 is 30.5 Å². The molecule has 0 rings (SSSR count). The Morgan fingerprint density at radius 3 is 2.29 bits per heavy atom. The molecule has 0 heterocycles. The van der Waals surface area contributed by atoms with E-state index in [0.717, 1.165) is 0 Å². The van der Waals surface area contributed by atoms with E-state index in [1.807, 2.05) is 5.32 Å². The van der Waals surface area contributed by atoms with Gasteiger partial charge in [-0.2, -0.15) is 0 Å². The highest BCUT2D eigenvalue weighted by atomic mass is 16.5. The quantitative estimate of drug-likeness (QED) is 0.565. The summed E-state index contributed by atoms with van der Waals surface area (Å²) in [4.78, 5) is 31.4. The first-order chi connectivity index (χ1) is 6.47. The molecule has 0 spiro atoms. The second kappa shape index (κ2) is 5.79. The van der Waals surface area contributed by atoms with E-state index in [0.29, 0.717) is 0 Å². The number of carboxylic acids is 2. The number of hydrogen-bond donors (Lipinski definition) is 3. The fourth-order valence-electron chi connectivity index (χ4n) is 0.690. The maximum atomic E-state index is 10.7. The molecule has 0 saturated carbocycles. The molecule has 1 atom stereocenters. The number of ether oxygens (including phenoxy) is 1. The van der Waals surface area contributed by atoms with Gasteiger partial charge in [-0.3, -0.25) is 4.79 Å². The Balaban J connectivity index is 4.16. The molecule has 0 aromatic carbocycles. The van der Waals surface area contributed by atoms with Crippen molar-refractivity contribution in [1.29, 1.82) is 0 Å². The third kappa shape index (κ3) is 4.96. The third-order valence-electron chi connectivity index (χ3n) is 1.24. The summed E-state index contributed by atoms with van der Waals surface area (Å²) in [7, 11) is 0. The maximum Gasteiger partial charge on any atom is 0.407 e. The Labute approximate surface area is 79.7 Å². The zero-order valence-corrected chi connectivity index (χ0v) is 7.52. The van der Waals surface area contributed by atoms with E-state index in [1.165, 1.54) is 0 Å². The van der Waals surface area contributed by atoms with Gasteiger partial charge < -0.3 is 20.3 Å². The number of aliphatic carboxylic acids is 2. The van der Waals surface area contributed by atoms with Gasteiger partial charge in [-0.15, -0.1) is 0 Å². The largest absolute Gasteiger partial charge is 0.481 e. The molecular formula is C7H11NO6. The van der Waals surface area contributed by atoms with Crippen molar-refractivity contribution in [3.63, 3.8) is 0 Å². The SMILES string of the molecule is CCOC(=O)N[C@H](CC(=O)O)C(=O)O. The minimum atomic E-state index is -1.47. The lowest BCUT2D eigenvalue weighted by atomic mass is 10.2. The molecule has 0 aliphatic carbocycles. The minimum Gasteiger partial charge on any atom is -0.481 e. The van der Waals surface area contributed by atoms with Crippen molar-refractivity contribution in [3.8, 4) is 0 Å². The molecule has 0 radical (unpaired) electrons. The molecule has 0 unspecified atom stereocenters. The number of carboxylic acid groups (broad SMARTS) is 2. The summed E-state index contributed by atoms with van der Waals surface area (Å²) < 4.78 is 4.40. The zero-order valence-electron chi connectivity index (χ0n) is 7.52. The fourth-order valence-corrected chi connectivity index (χ4v) is 0.690. The predicted octanol–water partition coefficient (Wildman–Crippen LogP) is -0.340. The summed E-state index contributed by atoms with van der Waals surface area (Å²) >= 11 is 0. The molecule has 80 valence electrons. The summed E-state index contributed by atoms with van der Waals surface area (Å²) in [6, 6.07) is -1.47. The van der Waals surface area contributed by atoms with Crippen LogP contribution in [0.4, 0.5) is 4.79 Å². The van der Waals surface area contributed by atoms with Gasteiger partial charge in [0.05, 0.1) is 13.0 Å². The first-order valence-electron chi connectivity index (χ1n) is 3.85. The van der Waals surface area contributed by atoms with Crippen LogP contribution in [0.25, 0.3) is 0 Å². The van der Waals surface area contributed by atoms with E-state index in [2.05, 4.69) is 4.74 Å². The first-order valence-corrected chi connectivity index (χ1v) is 3.85. The molecule has 3 N–H and O–H groups in total. The number of nitrogens with one attached hydrogen (secondary N) is 1. The number of rotatable bonds is 5. The summed E-state index contributed by atoms with van der Waals surface area (Å²) in [5.74, 6) is -2.73. The molecule has 7 nitrogen and oxygen atoms in total. The predicted molar refractivity (Wildman–Crippen MR) is 43.8 cm³/mol. The standard InChI is InChI=1S/C7H11NO6/c1-2-14-7(13)8-4(6(11)12)3-5(9)10/h4H,2-3H2,1H3,(H,8,13)(H,9,10)(H,11,12)/t4-/m1/s1. The average Bonchev–Trinajstić information content (AvgIpc) is 2.02. The van der Waals surface area contributed by atoms with Crippen molar-refractivity contribution in [2.75, 3.05) is 6.61 Å². The maximum absolute atomic E-state index is 10.7. The minimum absolute atomic E-state index is 0.0885. The molecule has 0 aliphatic heterocycles. The van der Waals surface area contributed by atoms with Gasteiger partial charge in [-0.25, -0.2) is 9.59 Å². The lowest BCUT2D eigenvalue weighted by molar-refractivity contribution is -0.145. The molecule has 1 amide bonds. The molecule has 0 aromatic rings. The topological polar surface area (TPSA) is 113 Å². The van der Waals surface area contributed by atoms with Crippen LogP contribution >= 0.6 is 0 Å². The third-order valence-corrected chi connectivity index (χ3v) is 1.24. The van der Waals surface area contributed by atoms with Crippen molar-refractivity contribution >= 4 is 18.0 Å². The smallest absolute Gasteiger partial charge is 0.407 e. The highest BCUT2D eigenvalue weighted by Crippen LogP contribution is 1.93. The van der Waals surface area contributed by atoms with Crippen LogP contribution in [-0.2, 0) is 14.3 Å². The van der Waals surface area contributed by atoms with Crippen LogP contribution in [0.1, 0.15) is 13.3 Å². The molecule has 0 fully saturated rings. The summed E-state index contributed by atoms with van der Waals surface area (Å²) in [6.45, 7) is 1.64. The van der Waals surface area contributed by atoms with Crippen LogP contribution in [-0.4, -0.2) is 40.9 Å². The number of hydrogen-bond acceptors (Lipinski definition) is 4. The normalized spacial score (nSPS) is 11.5. The van der Waals surface area contributed by atoms with Crippen molar-refractivity contribution in [2.24, 2.45) is 0 Å². The van der Waals surface area contributed by atoms with Crippen LogP contribution in [0.3, 0.4) is 0 Å². The molecule has 7 heteroatoms. The van der Waals surface area contributed by atoms with Crippen LogP contribution in [0.2, 0.25) is 0 Å².